The fourth-order valence-corrected chi connectivity index (χ4v) is 2.93. The van der Waals surface area contributed by atoms with Gasteiger partial charge < -0.3 is 15.5 Å². The first kappa shape index (κ1) is 17.7. The van der Waals surface area contributed by atoms with Gasteiger partial charge >= 0.3 is 0 Å². The highest BCUT2D eigenvalue weighted by Crippen LogP contribution is 2.15. The van der Waals surface area contributed by atoms with E-state index in [0.29, 0.717) is 18.9 Å². The Balaban J connectivity index is 1.79. The summed E-state index contributed by atoms with van der Waals surface area (Å²) in [4.78, 5) is 7.16. The topological polar surface area (TPSA) is 39.7 Å². The van der Waals surface area contributed by atoms with Gasteiger partial charge in [-0.25, -0.2) is 4.39 Å². The molecule has 1 aromatic rings. The number of likely N-dealkylation sites (tertiary alicyclic amines) is 1. The summed E-state index contributed by atoms with van der Waals surface area (Å²) < 4.78 is 13.6. The van der Waals surface area contributed by atoms with E-state index < -0.39 is 0 Å². The minimum absolute atomic E-state index is 0.137. The summed E-state index contributed by atoms with van der Waals surface area (Å²) in [5.74, 6) is 1.35. The van der Waals surface area contributed by atoms with Crippen molar-refractivity contribution >= 4 is 5.96 Å². The van der Waals surface area contributed by atoms with Crippen LogP contribution in [0.5, 0.6) is 0 Å². The average Bonchev–Trinajstić information content (AvgIpc) is 3.02. The number of hydrogen-bond donors (Lipinski definition) is 2. The lowest BCUT2D eigenvalue weighted by Gasteiger charge is -2.14. The maximum atomic E-state index is 13.6. The molecule has 5 heteroatoms. The fourth-order valence-electron chi connectivity index (χ4n) is 2.93. The molecule has 128 valence electrons. The second kappa shape index (κ2) is 9.50. The molecule has 0 radical (unpaired) electrons. The van der Waals surface area contributed by atoms with Gasteiger partial charge in [0.25, 0.3) is 0 Å². The van der Waals surface area contributed by atoms with Crippen molar-refractivity contribution in [2.24, 2.45) is 10.9 Å². The zero-order valence-electron chi connectivity index (χ0n) is 14.3. The summed E-state index contributed by atoms with van der Waals surface area (Å²) in [6, 6.07) is 6.93. The van der Waals surface area contributed by atoms with E-state index in [4.69, 9.17) is 4.99 Å². The van der Waals surface area contributed by atoms with Gasteiger partial charge in [-0.15, -0.1) is 0 Å². The molecule has 0 spiro atoms. The van der Waals surface area contributed by atoms with E-state index in [-0.39, 0.29) is 5.82 Å². The van der Waals surface area contributed by atoms with Crippen LogP contribution < -0.4 is 10.6 Å². The normalized spacial score (nSPS) is 19.1. The van der Waals surface area contributed by atoms with Crippen molar-refractivity contribution in [2.75, 3.05) is 39.3 Å². The van der Waals surface area contributed by atoms with Crippen LogP contribution in [0.3, 0.4) is 0 Å². The Kier molecular flexibility index (Phi) is 7.33. The van der Waals surface area contributed by atoms with Gasteiger partial charge in [-0.05, 0) is 50.4 Å². The number of hydrogen-bond acceptors (Lipinski definition) is 2. The van der Waals surface area contributed by atoms with E-state index in [2.05, 4.69) is 29.4 Å². The van der Waals surface area contributed by atoms with Gasteiger partial charge in [0.05, 0.1) is 0 Å². The van der Waals surface area contributed by atoms with Crippen LogP contribution >= 0.6 is 0 Å². The summed E-state index contributed by atoms with van der Waals surface area (Å²) in [5, 5.41) is 6.57. The van der Waals surface area contributed by atoms with Crippen LogP contribution in [0.1, 0.15) is 25.8 Å². The van der Waals surface area contributed by atoms with Crippen molar-refractivity contribution in [1.82, 2.24) is 15.5 Å². The molecule has 0 aliphatic carbocycles. The number of halogens is 1. The van der Waals surface area contributed by atoms with Gasteiger partial charge in [0.2, 0.25) is 0 Å². The number of benzene rings is 1. The van der Waals surface area contributed by atoms with Crippen LogP contribution in [-0.2, 0) is 6.42 Å². The van der Waals surface area contributed by atoms with Gasteiger partial charge in [-0.3, -0.25) is 4.99 Å². The van der Waals surface area contributed by atoms with Crippen molar-refractivity contribution in [2.45, 2.75) is 26.7 Å². The third-order valence-electron chi connectivity index (χ3n) is 4.31. The smallest absolute Gasteiger partial charge is 0.191 e. The fraction of sp³-hybridized carbons (Fsp3) is 0.611. The molecule has 1 aliphatic heterocycles. The Morgan fingerprint density at radius 1 is 1.30 bits per heavy atom. The first-order valence-electron chi connectivity index (χ1n) is 8.70. The van der Waals surface area contributed by atoms with E-state index >= 15 is 0 Å². The molecule has 2 N–H and O–H groups in total. The molecule has 0 aromatic heterocycles. The molecule has 0 saturated carbocycles. The minimum Gasteiger partial charge on any atom is -0.357 e. The minimum atomic E-state index is -0.137. The third kappa shape index (κ3) is 5.82. The standard InChI is InChI=1S/C18H29FN4/c1-3-20-18(22-13-15-10-12-23(4-2)14-15)21-11-9-16-7-5-6-8-17(16)19/h5-8,15H,3-4,9-14H2,1-2H3,(H2,20,21,22). The highest BCUT2D eigenvalue weighted by atomic mass is 19.1. The van der Waals surface area contributed by atoms with Crippen LogP contribution in [0.25, 0.3) is 0 Å². The van der Waals surface area contributed by atoms with Crippen LogP contribution in [0.15, 0.2) is 29.3 Å². The molecule has 4 nitrogen and oxygen atoms in total. The van der Waals surface area contributed by atoms with Crippen molar-refractivity contribution in [3.8, 4) is 0 Å². The van der Waals surface area contributed by atoms with Crippen LogP contribution in [-0.4, -0.2) is 50.1 Å². The largest absolute Gasteiger partial charge is 0.357 e. The first-order chi connectivity index (χ1) is 11.2. The molecule has 1 aromatic carbocycles. The lowest BCUT2D eigenvalue weighted by atomic mass is 10.1. The molecular weight excluding hydrogens is 291 g/mol. The molecule has 1 atom stereocenters. The Hall–Kier alpha value is -1.62. The van der Waals surface area contributed by atoms with Gasteiger partial charge in [-0.2, -0.15) is 0 Å². The predicted octanol–water partition coefficient (Wildman–Crippen LogP) is 2.27. The lowest BCUT2D eigenvalue weighted by Crippen LogP contribution is -2.38. The van der Waals surface area contributed by atoms with Crippen molar-refractivity contribution in [3.63, 3.8) is 0 Å². The Bertz CT molecular complexity index is 504. The molecule has 0 bridgehead atoms. The quantitative estimate of drug-likeness (QED) is 0.598. The molecule has 1 heterocycles. The lowest BCUT2D eigenvalue weighted by molar-refractivity contribution is 0.343. The maximum Gasteiger partial charge on any atom is 0.191 e. The van der Waals surface area contributed by atoms with Crippen LogP contribution in [0.2, 0.25) is 0 Å². The average molecular weight is 320 g/mol. The second-order valence-electron chi connectivity index (χ2n) is 6.04. The third-order valence-corrected chi connectivity index (χ3v) is 4.31. The number of rotatable bonds is 7. The second-order valence-corrected chi connectivity index (χ2v) is 6.04. The van der Waals surface area contributed by atoms with E-state index in [0.717, 1.165) is 37.7 Å². The Labute approximate surface area is 139 Å². The summed E-state index contributed by atoms with van der Waals surface area (Å²) in [5.41, 5.74) is 0.741. The Morgan fingerprint density at radius 2 is 2.13 bits per heavy atom. The van der Waals surface area contributed by atoms with Crippen molar-refractivity contribution in [3.05, 3.63) is 35.6 Å². The monoisotopic (exact) mass is 320 g/mol. The molecule has 1 saturated heterocycles. The Morgan fingerprint density at radius 3 is 2.83 bits per heavy atom. The van der Waals surface area contributed by atoms with Crippen LogP contribution in [0, 0.1) is 11.7 Å². The summed E-state index contributed by atoms with van der Waals surface area (Å²) in [7, 11) is 0. The first-order valence-corrected chi connectivity index (χ1v) is 8.70. The number of guanidine groups is 1. The zero-order valence-corrected chi connectivity index (χ0v) is 14.3. The summed E-state index contributed by atoms with van der Waals surface area (Å²) in [6.07, 6.45) is 1.89. The summed E-state index contributed by atoms with van der Waals surface area (Å²) in [6.45, 7) is 10.1. The van der Waals surface area contributed by atoms with E-state index in [9.17, 15) is 4.39 Å². The van der Waals surface area contributed by atoms with Crippen molar-refractivity contribution < 1.29 is 4.39 Å². The zero-order chi connectivity index (χ0) is 16.5. The molecule has 1 unspecified atom stereocenters. The number of nitrogens with zero attached hydrogens (tertiary/aromatic N) is 2. The van der Waals surface area contributed by atoms with Crippen LogP contribution in [0.4, 0.5) is 4.39 Å². The number of aliphatic imine (C=N–C) groups is 1. The SMILES string of the molecule is CCNC(=NCC1CCN(CC)C1)NCCc1ccccc1F. The molecule has 1 fully saturated rings. The predicted molar refractivity (Wildman–Crippen MR) is 94.3 cm³/mol. The number of nitrogens with one attached hydrogen (secondary N) is 2. The van der Waals surface area contributed by atoms with Gasteiger partial charge in [-0.1, -0.05) is 25.1 Å². The molecule has 2 rings (SSSR count). The highest BCUT2D eigenvalue weighted by molar-refractivity contribution is 5.79. The van der Waals surface area contributed by atoms with Crippen molar-refractivity contribution in [1.29, 1.82) is 0 Å². The van der Waals surface area contributed by atoms with E-state index in [1.807, 2.05) is 12.1 Å². The molecule has 1 aliphatic rings. The van der Waals surface area contributed by atoms with Gasteiger partial charge in [0, 0.05) is 26.2 Å². The summed E-state index contributed by atoms with van der Waals surface area (Å²) >= 11 is 0. The van der Waals surface area contributed by atoms with Gasteiger partial charge in [0.1, 0.15) is 5.82 Å². The van der Waals surface area contributed by atoms with E-state index in [1.54, 1.807) is 6.07 Å². The molecule has 0 amide bonds. The maximum absolute atomic E-state index is 13.6. The molecule has 23 heavy (non-hydrogen) atoms. The highest BCUT2D eigenvalue weighted by Gasteiger charge is 2.20. The van der Waals surface area contributed by atoms with Gasteiger partial charge in [0.15, 0.2) is 5.96 Å². The van der Waals surface area contributed by atoms with E-state index in [1.165, 1.54) is 19.0 Å². The molecular formula is C18H29FN4.